The summed E-state index contributed by atoms with van der Waals surface area (Å²) in [6, 6.07) is 11.8. The molecular formula is C16H16ClN3O. The number of hydrogen-bond donors (Lipinski definition) is 1. The number of rotatable bonds is 5. The monoisotopic (exact) mass is 301 g/mol. The molecule has 108 valence electrons. The summed E-state index contributed by atoms with van der Waals surface area (Å²) in [5.74, 6) is 0.871. The van der Waals surface area contributed by atoms with Crippen LogP contribution in [0.5, 0.6) is 5.75 Å². The largest absolute Gasteiger partial charge is 0.497 e. The van der Waals surface area contributed by atoms with Crippen molar-refractivity contribution in [2.45, 2.75) is 13.1 Å². The molecule has 0 spiro atoms. The van der Waals surface area contributed by atoms with E-state index in [0.29, 0.717) is 11.6 Å². The topological polar surface area (TPSA) is 38.6 Å². The van der Waals surface area contributed by atoms with Crippen molar-refractivity contribution in [3.05, 3.63) is 65.1 Å². The molecule has 0 aliphatic carbocycles. The van der Waals surface area contributed by atoms with E-state index in [2.05, 4.69) is 22.4 Å². The van der Waals surface area contributed by atoms with E-state index in [9.17, 15) is 0 Å². The highest BCUT2D eigenvalue weighted by Gasteiger charge is 2.02. The molecule has 0 saturated carbocycles. The first kappa shape index (κ1) is 13.9. The molecular weight excluding hydrogens is 286 g/mol. The van der Waals surface area contributed by atoms with Gasteiger partial charge in [-0.2, -0.15) is 0 Å². The van der Waals surface area contributed by atoms with Crippen molar-refractivity contribution < 1.29 is 4.74 Å². The average Bonchev–Trinajstić information content (AvgIpc) is 2.89. The van der Waals surface area contributed by atoms with Crippen molar-refractivity contribution in [1.29, 1.82) is 0 Å². The lowest BCUT2D eigenvalue weighted by molar-refractivity contribution is 0.414. The molecule has 0 aliphatic heterocycles. The van der Waals surface area contributed by atoms with Crippen LogP contribution in [0.3, 0.4) is 0 Å². The van der Waals surface area contributed by atoms with Crippen molar-refractivity contribution in [3.8, 4) is 5.75 Å². The number of nitrogens with one attached hydrogen (secondary N) is 1. The highest BCUT2D eigenvalue weighted by atomic mass is 35.5. The maximum absolute atomic E-state index is 5.96. The average molecular weight is 302 g/mol. The summed E-state index contributed by atoms with van der Waals surface area (Å²) in [6.45, 7) is 1.50. The third-order valence-corrected chi connectivity index (χ3v) is 3.48. The zero-order valence-electron chi connectivity index (χ0n) is 11.7. The molecule has 3 aromatic rings. The van der Waals surface area contributed by atoms with Crippen LogP contribution in [0.25, 0.3) is 5.65 Å². The zero-order chi connectivity index (χ0) is 14.7. The highest BCUT2D eigenvalue weighted by Crippen LogP contribution is 2.13. The fourth-order valence-electron chi connectivity index (χ4n) is 2.18. The predicted octanol–water partition coefficient (Wildman–Crippen LogP) is 3.29. The van der Waals surface area contributed by atoms with Crippen LogP contribution >= 0.6 is 11.6 Å². The van der Waals surface area contributed by atoms with Crippen molar-refractivity contribution in [2.24, 2.45) is 0 Å². The molecule has 0 saturated heterocycles. The van der Waals surface area contributed by atoms with Crippen LogP contribution < -0.4 is 10.1 Å². The van der Waals surface area contributed by atoms with Crippen LogP contribution in [0.4, 0.5) is 0 Å². The second-order valence-electron chi connectivity index (χ2n) is 4.80. The number of fused-ring (bicyclic) bond motifs is 1. The molecule has 2 heterocycles. The van der Waals surface area contributed by atoms with Crippen LogP contribution in [0.1, 0.15) is 11.3 Å². The van der Waals surface area contributed by atoms with Gasteiger partial charge in [0.05, 0.1) is 17.8 Å². The van der Waals surface area contributed by atoms with Gasteiger partial charge in [0.1, 0.15) is 11.4 Å². The number of imidazole rings is 1. The molecule has 0 fully saturated rings. The molecule has 2 aromatic heterocycles. The Morgan fingerprint density at radius 1 is 1.10 bits per heavy atom. The van der Waals surface area contributed by atoms with E-state index < -0.39 is 0 Å². The van der Waals surface area contributed by atoms with Gasteiger partial charge in [-0.1, -0.05) is 23.7 Å². The van der Waals surface area contributed by atoms with Gasteiger partial charge in [0.15, 0.2) is 0 Å². The molecule has 0 amide bonds. The zero-order valence-corrected chi connectivity index (χ0v) is 12.5. The van der Waals surface area contributed by atoms with E-state index in [1.807, 2.05) is 41.1 Å². The summed E-state index contributed by atoms with van der Waals surface area (Å²) in [5.41, 5.74) is 3.11. The van der Waals surface area contributed by atoms with Gasteiger partial charge >= 0.3 is 0 Å². The first-order valence-electron chi connectivity index (χ1n) is 6.71. The molecule has 5 heteroatoms. The molecule has 4 nitrogen and oxygen atoms in total. The van der Waals surface area contributed by atoms with Gasteiger partial charge in [-0.15, -0.1) is 0 Å². The Morgan fingerprint density at radius 3 is 2.67 bits per heavy atom. The van der Waals surface area contributed by atoms with Gasteiger partial charge in [-0.3, -0.25) is 0 Å². The minimum Gasteiger partial charge on any atom is -0.497 e. The number of nitrogens with zero attached hydrogens (tertiary/aromatic N) is 2. The van der Waals surface area contributed by atoms with Gasteiger partial charge < -0.3 is 14.5 Å². The molecule has 1 N–H and O–H groups in total. The fraction of sp³-hybridized carbons (Fsp3) is 0.188. The minimum absolute atomic E-state index is 0.706. The first-order chi connectivity index (χ1) is 10.2. The van der Waals surface area contributed by atoms with Crippen molar-refractivity contribution in [3.63, 3.8) is 0 Å². The lowest BCUT2D eigenvalue weighted by Gasteiger charge is -2.04. The van der Waals surface area contributed by atoms with E-state index in [1.54, 1.807) is 7.11 Å². The SMILES string of the molecule is COc1ccc(CNCc2cn3cc(Cl)ccc3n2)cc1. The van der Waals surface area contributed by atoms with E-state index in [0.717, 1.165) is 23.6 Å². The molecule has 21 heavy (non-hydrogen) atoms. The Hall–Kier alpha value is -2.04. The van der Waals surface area contributed by atoms with Crippen molar-refractivity contribution >= 4 is 17.2 Å². The Balaban J connectivity index is 1.60. The van der Waals surface area contributed by atoms with Gasteiger partial charge in [0.2, 0.25) is 0 Å². The molecule has 0 bridgehead atoms. The van der Waals surface area contributed by atoms with Crippen molar-refractivity contribution in [2.75, 3.05) is 7.11 Å². The quantitative estimate of drug-likeness (QED) is 0.786. The Morgan fingerprint density at radius 2 is 1.90 bits per heavy atom. The molecule has 3 rings (SSSR count). The molecule has 0 radical (unpaired) electrons. The molecule has 0 unspecified atom stereocenters. The van der Waals surface area contributed by atoms with E-state index in [1.165, 1.54) is 5.56 Å². The van der Waals surface area contributed by atoms with Crippen LogP contribution in [-0.4, -0.2) is 16.5 Å². The maximum atomic E-state index is 5.96. The van der Waals surface area contributed by atoms with Crippen LogP contribution in [0.2, 0.25) is 5.02 Å². The Bertz CT molecular complexity index is 737. The summed E-state index contributed by atoms with van der Waals surface area (Å²) < 4.78 is 7.08. The second-order valence-corrected chi connectivity index (χ2v) is 5.23. The van der Waals surface area contributed by atoms with Crippen LogP contribution in [0.15, 0.2) is 48.8 Å². The smallest absolute Gasteiger partial charge is 0.137 e. The highest BCUT2D eigenvalue weighted by molar-refractivity contribution is 6.30. The summed E-state index contributed by atoms with van der Waals surface area (Å²) in [5, 5.41) is 4.09. The van der Waals surface area contributed by atoms with Crippen LogP contribution in [-0.2, 0) is 13.1 Å². The normalized spacial score (nSPS) is 11.0. The maximum Gasteiger partial charge on any atom is 0.137 e. The molecule has 1 aromatic carbocycles. The second kappa shape index (κ2) is 6.16. The third kappa shape index (κ3) is 3.35. The summed E-state index contributed by atoms with van der Waals surface area (Å²) in [4.78, 5) is 4.53. The number of aromatic nitrogens is 2. The summed E-state index contributed by atoms with van der Waals surface area (Å²) >= 11 is 5.96. The number of benzene rings is 1. The van der Waals surface area contributed by atoms with E-state index >= 15 is 0 Å². The number of ether oxygens (including phenoxy) is 1. The van der Waals surface area contributed by atoms with Gasteiger partial charge in [-0.25, -0.2) is 4.98 Å². The fourth-order valence-corrected chi connectivity index (χ4v) is 2.35. The number of methoxy groups -OCH3 is 1. The van der Waals surface area contributed by atoms with Gasteiger partial charge in [-0.05, 0) is 29.8 Å². The van der Waals surface area contributed by atoms with Crippen molar-refractivity contribution in [1.82, 2.24) is 14.7 Å². The lowest BCUT2D eigenvalue weighted by atomic mass is 10.2. The summed E-state index contributed by atoms with van der Waals surface area (Å²) in [6.07, 6.45) is 3.85. The molecule has 0 atom stereocenters. The number of pyridine rings is 1. The number of halogens is 1. The summed E-state index contributed by atoms with van der Waals surface area (Å²) in [7, 11) is 1.67. The van der Waals surface area contributed by atoms with Crippen LogP contribution in [0, 0.1) is 0 Å². The van der Waals surface area contributed by atoms with Gasteiger partial charge in [0, 0.05) is 25.5 Å². The first-order valence-corrected chi connectivity index (χ1v) is 7.09. The van der Waals surface area contributed by atoms with E-state index in [4.69, 9.17) is 16.3 Å². The Labute approximate surface area is 128 Å². The third-order valence-electron chi connectivity index (χ3n) is 3.26. The number of hydrogen-bond acceptors (Lipinski definition) is 3. The standard InChI is InChI=1S/C16H16ClN3O/c1-21-15-5-2-12(3-6-15)8-18-9-14-11-20-10-13(17)4-7-16(20)19-14/h2-7,10-11,18H,8-9H2,1H3. The lowest BCUT2D eigenvalue weighted by Crippen LogP contribution is -2.12. The molecule has 0 aliphatic rings. The minimum atomic E-state index is 0.706. The van der Waals surface area contributed by atoms with E-state index in [-0.39, 0.29) is 0 Å². The van der Waals surface area contributed by atoms with Gasteiger partial charge in [0.25, 0.3) is 0 Å². The predicted molar refractivity (Wildman–Crippen MR) is 83.7 cm³/mol. The Kier molecular flexibility index (Phi) is 4.08.